The molecule has 8 nitrogen and oxygen atoms in total. The molecule has 3 aromatic rings. The molecule has 3 aromatic carbocycles. The van der Waals surface area contributed by atoms with Crippen LogP contribution in [-0.4, -0.2) is 44.9 Å². The summed E-state index contributed by atoms with van der Waals surface area (Å²) in [5.74, 6) is -2.10. The number of aliphatic hydroxyl groups is 2. The molecule has 0 fully saturated rings. The van der Waals surface area contributed by atoms with E-state index in [0.717, 1.165) is 0 Å². The van der Waals surface area contributed by atoms with Crippen LogP contribution in [-0.2, 0) is 22.7 Å². The Bertz CT molecular complexity index is 1220. The lowest BCUT2D eigenvalue weighted by Gasteiger charge is -2.15. The van der Waals surface area contributed by atoms with Gasteiger partial charge in [0.1, 0.15) is 24.4 Å². The van der Waals surface area contributed by atoms with Crippen molar-refractivity contribution in [2.45, 2.75) is 52.1 Å². The van der Waals surface area contributed by atoms with Crippen LogP contribution in [0.1, 0.15) is 80.3 Å². The Morgan fingerprint density at radius 2 is 0.921 bits per heavy atom. The highest BCUT2D eigenvalue weighted by Gasteiger charge is 2.26. The molecule has 0 spiro atoms. The third kappa shape index (κ3) is 7.44. The van der Waals surface area contributed by atoms with Gasteiger partial charge < -0.3 is 19.7 Å². The van der Waals surface area contributed by atoms with Crippen LogP contribution < -0.4 is 0 Å². The molecule has 198 valence electrons. The second-order valence-electron chi connectivity index (χ2n) is 9.90. The van der Waals surface area contributed by atoms with Crippen molar-refractivity contribution >= 4 is 23.5 Å². The van der Waals surface area contributed by atoms with Gasteiger partial charge in [0.25, 0.3) is 0 Å². The number of carbonyl (C=O) groups excluding carboxylic acids is 4. The maximum Gasteiger partial charge on any atom is 0.338 e. The van der Waals surface area contributed by atoms with Crippen LogP contribution in [0.4, 0.5) is 0 Å². The van der Waals surface area contributed by atoms with Gasteiger partial charge in [0.15, 0.2) is 11.6 Å². The Balaban J connectivity index is 1.56. The molecule has 0 aliphatic carbocycles. The summed E-state index contributed by atoms with van der Waals surface area (Å²) in [6, 6.07) is 18.7. The van der Waals surface area contributed by atoms with Gasteiger partial charge in [-0.25, -0.2) is 9.59 Å². The van der Waals surface area contributed by atoms with Gasteiger partial charge in [-0.3, -0.25) is 9.59 Å². The minimum absolute atomic E-state index is 0.0452. The molecule has 0 saturated carbocycles. The number of Topliss-reactive ketones (excluding diaryl/α,β-unsaturated/α-hetero) is 2. The quantitative estimate of drug-likeness (QED) is 0.300. The van der Waals surface area contributed by atoms with Gasteiger partial charge in [-0.2, -0.15) is 0 Å². The van der Waals surface area contributed by atoms with Crippen LogP contribution >= 0.6 is 0 Å². The van der Waals surface area contributed by atoms with Gasteiger partial charge in [0.2, 0.25) is 0 Å². The second-order valence-corrected chi connectivity index (χ2v) is 9.90. The molecule has 0 amide bonds. The van der Waals surface area contributed by atoms with Crippen LogP contribution in [0, 0.1) is 0 Å². The van der Waals surface area contributed by atoms with Crippen LogP contribution in [0.25, 0.3) is 0 Å². The van der Waals surface area contributed by atoms with E-state index in [-0.39, 0.29) is 24.3 Å². The normalized spacial score (nSPS) is 11.5. The van der Waals surface area contributed by atoms with E-state index in [9.17, 15) is 29.4 Å². The lowest BCUT2D eigenvalue weighted by atomic mass is 9.96. The molecule has 8 heteroatoms. The van der Waals surface area contributed by atoms with Crippen LogP contribution in [0.3, 0.4) is 0 Å². The third-order valence-electron chi connectivity index (χ3n) is 5.62. The lowest BCUT2D eigenvalue weighted by molar-refractivity contribution is 0.0466. The van der Waals surface area contributed by atoms with Crippen molar-refractivity contribution in [3.63, 3.8) is 0 Å². The first kappa shape index (κ1) is 28.4. The summed E-state index contributed by atoms with van der Waals surface area (Å²) >= 11 is 0. The minimum Gasteiger partial charge on any atom is -0.457 e. The SMILES string of the molecule is CC(C)(O)C(=O)c1ccc(COC(=O)c2cccc(C(=O)OCc3ccc(C(=O)C(C)(C)O)cc3)c2)cc1. The van der Waals surface area contributed by atoms with E-state index in [0.29, 0.717) is 22.3 Å². The van der Waals surface area contributed by atoms with Crippen molar-refractivity contribution in [1.29, 1.82) is 0 Å². The summed E-state index contributed by atoms with van der Waals surface area (Å²) in [5.41, 5.74) is -0.639. The Hall–Kier alpha value is -4.14. The monoisotopic (exact) mass is 518 g/mol. The zero-order valence-corrected chi connectivity index (χ0v) is 21.7. The molecule has 0 bridgehead atoms. The average Bonchev–Trinajstić information content (AvgIpc) is 2.89. The number of ketones is 2. The van der Waals surface area contributed by atoms with E-state index in [4.69, 9.17) is 9.47 Å². The number of hydrogen-bond donors (Lipinski definition) is 2. The summed E-state index contributed by atoms with van der Waals surface area (Å²) < 4.78 is 10.7. The van der Waals surface area contributed by atoms with Gasteiger partial charge in [0, 0.05) is 11.1 Å². The molecule has 2 N–H and O–H groups in total. The molecule has 0 saturated heterocycles. The van der Waals surface area contributed by atoms with Crippen LogP contribution in [0.15, 0.2) is 72.8 Å². The number of benzene rings is 3. The summed E-state index contributed by atoms with van der Waals surface area (Å²) in [6.07, 6.45) is 0. The largest absolute Gasteiger partial charge is 0.457 e. The Kier molecular flexibility index (Phi) is 8.60. The molecule has 0 aliphatic heterocycles. The average molecular weight is 519 g/mol. The second kappa shape index (κ2) is 11.5. The fraction of sp³-hybridized carbons (Fsp3) is 0.267. The zero-order chi connectivity index (χ0) is 28.1. The first-order valence-corrected chi connectivity index (χ1v) is 11.9. The number of carbonyl (C=O) groups is 4. The van der Waals surface area contributed by atoms with Gasteiger partial charge in [-0.1, -0.05) is 54.6 Å². The number of esters is 2. The highest BCUT2D eigenvalue weighted by Crippen LogP contribution is 2.17. The summed E-state index contributed by atoms with van der Waals surface area (Å²) in [4.78, 5) is 49.3. The van der Waals surface area contributed by atoms with Gasteiger partial charge >= 0.3 is 11.9 Å². The van der Waals surface area contributed by atoms with Crippen molar-refractivity contribution < 1.29 is 38.9 Å². The molecule has 0 aromatic heterocycles. The molecule has 0 atom stereocenters. The molecule has 0 aliphatic rings. The molecule has 0 unspecified atom stereocenters. The molecule has 38 heavy (non-hydrogen) atoms. The standard InChI is InChI=1S/C30H30O8/c1-29(2,35)25(31)21-12-8-19(9-13-21)17-37-27(33)23-6-5-7-24(16-23)28(34)38-18-20-10-14-22(15-11-20)26(32)30(3,4)36/h5-16,35-36H,17-18H2,1-4H3. The first-order chi connectivity index (χ1) is 17.8. The van der Waals surface area contributed by atoms with Crippen molar-refractivity contribution in [2.75, 3.05) is 0 Å². The fourth-order valence-corrected chi connectivity index (χ4v) is 3.45. The van der Waals surface area contributed by atoms with E-state index >= 15 is 0 Å². The van der Waals surface area contributed by atoms with Crippen molar-refractivity contribution in [3.8, 4) is 0 Å². The molecule has 3 rings (SSSR count). The Morgan fingerprint density at radius 1 is 0.579 bits per heavy atom. The highest BCUT2D eigenvalue weighted by atomic mass is 16.5. The van der Waals surface area contributed by atoms with Crippen LogP contribution in [0.5, 0.6) is 0 Å². The van der Waals surface area contributed by atoms with Gasteiger partial charge in [-0.05, 0) is 57.0 Å². The minimum atomic E-state index is -1.48. The van der Waals surface area contributed by atoms with Gasteiger partial charge in [0.05, 0.1) is 11.1 Å². The van der Waals surface area contributed by atoms with Crippen molar-refractivity contribution in [1.82, 2.24) is 0 Å². The molecular formula is C30H30O8. The van der Waals surface area contributed by atoms with E-state index < -0.39 is 34.7 Å². The number of rotatable bonds is 10. The third-order valence-corrected chi connectivity index (χ3v) is 5.62. The van der Waals surface area contributed by atoms with E-state index in [1.807, 2.05) is 0 Å². The molecular weight excluding hydrogens is 488 g/mol. The highest BCUT2D eigenvalue weighted by molar-refractivity contribution is 6.02. The van der Waals surface area contributed by atoms with Crippen LogP contribution in [0.2, 0.25) is 0 Å². The Labute approximate surface area is 220 Å². The predicted molar refractivity (Wildman–Crippen MR) is 139 cm³/mol. The van der Waals surface area contributed by atoms with E-state index in [2.05, 4.69) is 0 Å². The predicted octanol–water partition coefficient (Wildman–Crippen LogP) is 4.31. The van der Waals surface area contributed by atoms with Crippen molar-refractivity contribution in [2.24, 2.45) is 0 Å². The van der Waals surface area contributed by atoms with E-state index in [1.54, 1.807) is 54.6 Å². The summed E-state index contributed by atoms with van der Waals surface area (Å²) in [5, 5.41) is 19.7. The molecule has 0 radical (unpaired) electrons. The van der Waals surface area contributed by atoms with Gasteiger partial charge in [-0.15, -0.1) is 0 Å². The summed E-state index contributed by atoms with van der Waals surface area (Å²) in [7, 11) is 0. The number of hydrogen-bond acceptors (Lipinski definition) is 8. The maximum atomic E-state index is 12.5. The van der Waals surface area contributed by atoms with Crippen molar-refractivity contribution in [3.05, 3.63) is 106 Å². The topological polar surface area (TPSA) is 127 Å². The fourth-order valence-electron chi connectivity index (χ4n) is 3.45. The number of ether oxygens (including phenoxy) is 2. The first-order valence-electron chi connectivity index (χ1n) is 11.9. The van der Waals surface area contributed by atoms with E-state index in [1.165, 1.54) is 45.9 Å². The summed E-state index contributed by atoms with van der Waals surface area (Å²) in [6.45, 7) is 5.56. The maximum absolute atomic E-state index is 12.5. The zero-order valence-electron chi connectivity index (χ0n) is 21.7. The Morgan fingerprint density at radius 3 is 1.24 bits per heavy atom. The molecule has 0 heterocycles. The smallest absolute Gasteiger partial charge is 0.338 e. The lowest BCUT2D eigenvalue weighted by Crippen LogP contribution is -2.31.